The fraction of sp³-hybridized carbons (Fsp3) is 0.0667. The molecular formula is C15H14Te. The molecule has 0 heterocycles. The van der Waals surface area contributed by atoms with E-state index in [0.717, 1.165) is 0 Å². The molecule has 0 aliphatic rings. The molecule has 80 valence electrons. The molecular weight excluding hydrogens is 308 g/mol. The molecule has 0 unspecified atom stereocenters. The van der Waals surface area contributed by atoms with E-state index in [4.69, 9.17) is 0 Å². The van der Waals surface area contributed by atoms with Crippen LogP contribution in [-0.4, -0.2) is 20.9 Å². The van der Waals surface area contributed by atoms with Gasteiger partial charge >= 0.3 is 107 Å². The van der Waals surface area contributed by atoms with Gasteiger partial charge in [-0.3, -0.25) is 0 Å². The van der Waals surface area contributed by atoms with Crippen LogP contribution >= 0.6 is 0 Å². The Balaban J connectivity index is 1.83. The van der Waals surface area contributed by atoms with Crippen LogP contribution in [0.15, 0.2) is 66.7 Å². The number of allylic oxidation sites excluding steroid dienone is 1. The van der Waals surface area contributed by atoms with E-state index in [1.54, 1.807) is 0 Å². The van der Waals surface area contributed by atoms with Crippen molar-refractivity contribution in [3.63, 3.8) is 0 Å². The third-order valence-electron chi connectivity index (χ3n) is 2.20. The molecule has 0 aliphatic heterocycles. The zero-order valence-electron chi connectivity index (χ0n) is 9.04. The van der Waals surface area contributed by atoms with Gasteiger partial charge in [0, 0.05) is 0 Å². The van der Waals surface area contributed by atoms with Gasteiger partial charge in [-0.05, 0) is 0 Å². The minimum atomic E-state index is -0.0354. The Hall–Kier alpha value is -1.03. The van der Waals surface area contributed by atoms with Gasteiger partial charge in [0.1, 0.15) is 0 Å². The second-order valence-electron chi connectivity index (χ2n) is 3.44. The summed E-state index contributed by atoms with van der Waals surface area (Å²) in [7, 11) is 0. The molecule has 0 saturated carbocycles. The maximum absolute atomic E-state index is 2.30. The average Bonchev–Trinajstić information content (AvgIpc) is 2.37. The summed E-state index contributed by atoms with van der Waals surface area (Å²) < 4.78 is 2.76. The molecule has 0 amide bonds. The topological polar surface area (TPSA) is 0 Å². The summed E-state index contributed by atoms with van der Waals surface area (Å²) in [4.78, 5) is 0. The zero-order chi connectivity index (χ0) is 11.1. The molecule has 1 heteroatoms. The third-order valence-corrected chi connectivity index (χ3v) is 4.95. The molecule has 0 atom stereocenters. The van der Waals surface area contributed by atoms with E-state index in [1.807, 2.05) is 0 Å². The van der Waals surface area contributed by atoms with Crippen molar-refractivity contribution >= 4 is 30.6 Å². The summed E-state index contributed by atoms with van der Waals surface area (Å²) in [6, 6.07) is 21.3. The second-order valence-corrected chi connectivity index (χ2v) is 6.56. The van der Waals surface area contributed by atoms with Crippen molar-refractivity contribution in [2.45, 2.75) is 4.47 Å². The fourth-order valence-corrected chi connectivity index (χ4v) is 3.51. The zero-order valence-corrected chi connectivity index (χ0v) is 11.4. The van der Waals surface area contributed by atoms with E-state index in [-0.39, 0.29) is 20.9 Å². The molecule has 0 spiro atoms. The number of hydrogen-bond acceptors (Lipinski definition) is 0. The standard InChI is InChI=1S/C15H14Te/c1-3-8-14(9-4-1)10-7-13-16-15-11-5-2-6-12-15/h1-12H,13H2. The summed E-state index contributed by atoms with van der Waals surface area (Å²) in [5.41, 5.74) is 1.29. The van der Waals surface area contributed by atoms with E-state index in [9.17, 15) is 0 Å². The van der Waals surface area contributed by atoms with E-state index < -0.39 is 0 Å². The molecule has 0 N–H and O–H groups in total. The van der Waals surface area contributed by atoms with Crippen molar-refractivity contribution in [1.82, 2.24) is 0 Å². The summed E-state index contributed by atoms with van der Waals surface area (Å²) in [5, 5.41) is 0. The number of benzene rings is 2. The molecule has 2 aromatic rings. The summed E-state index contributed by atoms with van der Waals surface area (Å²) >= 11 is -0.0354. The average molecular weight is 322 g/mol. The van der Waals surface area contributed by atoms with Gasteiger partial charge < -0.3 is 0 Å². The quantitative estimate of drug-likeness (QED) is 0.759. The van der Waals surface area contributed by atoms with Crippen LogP contribution in [0.4, 0.5) is 0 Å². The first-order chi connectivity index (χ1) is 7.95. The monoisotopic (exact) mass is 324 g/mol. The van der Waals surface area contributed by atoms with Gasteiger partial charge in [0.25, 0.3) is 0 Å². The van der Waals surface area contributed by atoms with Gasteiger partial charge in [-0.15, -0.1) is 0 Å². The fourth-order valence-electron chi connectivity index (χ4n) is 1.41. The minimum absolute atomic E-state index is 0.0354. The van der Waals surface area contributed by atoms with Crippen molar-refractivity contribution in [2.75, 3.05) is 0 Å². The normalized spacial score (nSPS) is 10.8. The van der Waals surface area contributed by atoms with Gasteiger partial charge in [0.2, 0.25) is 0 Å². The first-order valence-electron chi connectivity index (χ1n) is 5.34. The van der Waals surface area contributed by atoms with Gasteiger partial charge in [-0.2, -0.15) is 0 Å². The first kappa shape index (κ1) is 11.5. The van der Waals surface area contributed by atoms with Crippen LogP contribution in [0.25, 0.3) is 6.08 Å². The Morgan fingerprint density at radius 3 is 2.12 bits per heavy atom. The van der Waals surface area contributed by atoms with Crippen LogP contribution in [0.2, 0.25) is 4.47 Å². The molecule has 0 radical (unpaired) electrons. The summed E-state index contributed by atoms with van der Waals surface area (Å²) in [6.07, 6.45) is 4.51. The maximum atomic E-state index is 2.30. The van der Waals surface area contributed by atoms with Crippen molar-refractivity contribution in [2.24, 2.45) is 0 Å². The van der Waals surface area contributed by atoms with Crippen molar-refractivity contribution in [1.29, 1.82) is 0 Å². The van der Waals surface area contributed by atoms with Crippen molar-refractivity contribution in [3.8, 4) is 0 Å². The van der Waals surface area contributed by atoms with Crippen LogP contribution in [0.5, 0.6) is 0 Å². The van der Waals surface area contributed by atoms with E-state index in [2.05, 4.69) is 72.8 Å². The van der Waals surface area contributed by atoms with Crippen LogP contribution in [0.3, 0.4) is 0 Å². The second kappa shape index (κ2) is 6.53. The Morgan fingerprint density at radius 2 is 1.44 bits per heavy atom. The molecule has 0 fully saturated rings. The first-order valence-corrected chi connectivity index (χ1v) is 8.16. The Bertz CT molecular complexity index is 432. The van der Waals surface area contributed by atoms with E-state index in [1.165, 1.54) is 13.6 Å². The predicted molar refractivity (Wildman–Crippen MR) is 72.1 cm³/mol. The van der Waals surface area contributed by atoms with Gasteiger partial charge in [0.05, 0.1) is 0 Å². The predicted octanol–water partition coefficient (Wildman–Crippen LogP) is 3.15. The molecule has 2 aromatic carbocycles. The number of hydrogen-bond donors (Lipinski definition) is 0. The summed E-state index contributed by atoms with van der Waals surface area (Å²) in [6.45, 7) is 0. The van der Waals surface area contributed by atoms with E-state index in [0.29, 0.717) is 0 Å². The van der Waals surface area contributed by atoms with Crippen LogP contribution in [-0.2, 0) is 0 Å². The summed E-state index contributed by atoms with van der Waals surface area (Å²) in [5.74, 6) is 0. The SMILES string of the molecule is C(=Cc1ccccc1)C[Te]c1ccccc1. The van der Waals surface area contributed by atoms with Crippen molar-refractivity contribution in [3.05, 3.63) is 72.3 Å². The van der Waals surface area contributed by atoms with Gasteiger partial charge in [-0.25, -0.2) is 0 Å². The third kappa shape index (κ3) is 3.85. The molecule has 0 nitrogen and oxygen atoms in total. The van der Waals surface area contributed by atoms with E-state index >= 15 is 0 Å². The van der Waals surface area contributed by atoms with Crippen molar-refractivity contribution < 1.29 is 0 Å². The molecule has 0 bridgehead atoms. The molecule has 2 rings (SSSR count). The van der Waals surface area contributed by atoms with Gasteiger partial charge in [-0.1, -0.05) is 0 Å². The van der Waals surface area contributed by atoms with Crippen LogP contribution < -0.4 is 3.61 Å². The Morgan fingerprint density at radius 1 is 0.812 bits per heavy atom. The molecule has 16 heavy (non-hydrogen) atoms. The molecule has 0 aromatic heterocycles. The molecule has 0 aliphatic carbocycles. The molecule has 0 saturated heterocycles. The Kier molecular flexibility index (Phi) is 4.68. The van der Waals surface area contributed by atoms with Crippen LogP contribution in [0, 0.1) is 0 Å². The van der Waals surface area contributed by atoms with Crippen LogP contribution in [0.1, 0.15) is 5.56 Å². The number of rotatable bonds is 4. The van der Waals surface area contributed by atoms with Gasteiger partial charge in [0.15, 0.2) is 0 Å². The Labute approximate surface area is 107 Å².